The van der Waals surface area contributed by atoms with Gasteiger partial charge < -0.3 is 34.5 Å². The zero-order valence-corrected chi connectivity index (χ0v) is 68.6. The molecule has 0 bridgehead atoms. The minimum absolute atomic E-state index is 0.0266. The molecule has 0 saturated carbocycles. The second-order valence-electron chi connectivity index (χ2n) is 30.5. The molecule has 118 heavy (non-hydrogen) atoms. The average molecular weight is 1620 g/mol. The van der Waals surface area contributed by atoms with Crippen LogP contribution >= 0.6 is 11.6 Å². The summed E-state index contributed by atoms with van der Waals surface area (Å²) in [5.74, 6) is -0.139. The Morgan fingerprint density at radius 1 is 0.483 bits per heavy atom. The van der Waals surface area contributed by atoms with Crippen LogP contribution in [0.2, 0.25) is 5.02 Å². The van der Waals surface area contributed by atoms with Gasteiger partial charge >= 0.3 is 17.1 Å². The molecule has 1 N–H and O–H groups in total. The van der Waals surface area contributed by atoms with Crippen molar-refractivity contribution in [2.24, 2.45) is 0 Å². The summed E-state index contributed by atoms with van der Waals surface area (Å²) < 4.78 is 50.9. The molecule has 10 heterocycles. The number of hydrogen-bond acceptors (Lipinski definition) is 18. The van der Waals surface area contributed by atoms with E-state index >= 15 is 4.39 Å². The topological polar surface area (TPSA) is 265 Å². The van der Waals surface area contributed by atoms with E-state index in [1.807, 2.05) is 125 Å². The van der Waals surface area contributed by atoms with Gasteiger partial charge in [0.15, 0.2) is 22.8 Å². The first-order valence-electron chi connectivity index (χ1n) is 39.1. The van der Waals surface area contributed by atoms with Crippen molar-refractivity contribution in [3.63, 3.8) is 0 Å². The Labute approximate surface area is 685 Å². The number of fused-ring (bicyclic) bond motifs is 3. The third-order valence-corrected chi connectivity index (χ3v) is 21.9. The highest BCUT2D eigenvalue weighted by atomic mass is 35.5. The van der Waals surface area contributed by atoms with Crippen molar-refractivity contribution in [1.29, 1.82) is 0 Å². The van der Waals surface area contributed by atoms with E-state index in [2.05, 4.69) is 53.6 Å². The fourth-order valence-corrected chi connectivity index (χ4v) is 16.0. The summed E-state index contributed by atoms with van der Waals surface area (Å²) >= 11 is 6.73. The lowest BCUT2D eigenvalue weighted by Gasteiger charge is -2.40. The third kappa shape index (κ3) is 16.0. The Morgan fingerprint density at radius 2 is 0.898 bits per heavy atom. The zero-order valence-electron chi connectivity index (χ0n) is 67.8. The minimum Gasteiger partial charge on any atom is -0.507 e. The van der Waals surface area contributed by atoms with Crippen LogP contribution in [0.15, 0.2) is 186 Å². The predicted molar refractivity (Wildman–Crippen MR) is 455 cm³/mol. The summed E-state index contributed by atoms with van der Waals surface area (Å²) in [6.45, 7) is 38.3. The lowest BCUT2D eigenvalue weighted by atomic mass is 10.0. The third-order valence-electron chi connectivity index (χ3n) is 21.6. The van der Waals surface area contributed by atoms with E-state index in [0.29, 0.717) is 144 Å². The van der Waals surface area contributed by atoms with Gasteiger partial charge in [-0.05, 0) is 163 Å². The molecule has 12 aromatic rings. The predicted octanol–water partition coefficient (Wildman–Crippen LogP) is 14.1. The summed E-state index contributed by atoms with van der Waals surface area (Å²) in [7, 11) is 0. The van der Waals surface area contributed by atoms with E-state index in [4.69, 9.17) is 31.5 Å². The number of hydrogen-bond donors (Lipinski definition) is 1. The minimum atomic E-state index is -0.614. The number of carbonyl (C=O) groups excluding carboxylic acids is 3. The number of carbonyl (C=O) groups is 3. The van der Waals surface area contributed by atoms with Crippen molar-refractivity contribution in [3.8, 4) is 56.7 Å². The number of pyridine rings is 2. The quantitative estimate of drug-likeness (QED) is 0.0935. The van der Waals surface area contributed by atoms with Crippen molar-refractivity contribution in [2.75, 3.05) is 73.6 Å². The lowest BCUT2D eigenvalue weighted by molar-refractivity contribution is -0.127. The monoisotopic (exact) mass is 1620 g/mol. The largest absolute Gasteiger partial charge is 0.507 e. The van der Waals surface area contributed by atoms with Crippen LogP contribution in [-0.4, -0.2) is 173 Å². The fourth-order valence-electron chi connectivity index (χ4n) is 15.7. The molecule has 5 aromatic carbocycles. The first-order chi connectivity index (χ1) is 56.4. The van der Waals surface area contributed by atoms with Crippen LogP contribution < -0.4 is 31.8 Å². The number of rotatable bonds is 15. The van der Waals surface area contributed by atoms with E-state index in [-0.39, 0.29) is 92.7 Å². The second-order valence-corrected chi connectivity index (χ2v) is 30.9. The number of aromatic hydroxyl groups is 1. The molecule has 0 radical (unpaired) electrons. The van der Waals surface area contributed by atoms with Crippen molar-refractivity contribution in [2.45, 2.75) is 119 Å². The second kappa shape index (κ2) is 34.4. The first kappa shape index (κ1) is 83.0. The van der Waals surface area contributed by atoms with Crippen LogP contribution in [0.1, 0.15) is 108 Å². The maximum absolute atomic E-state index is 15.0. The highest BCUT2D eigenvalue weighted by Gasteiger charge is 2.36. The summed E-state index contributed by atoms with van der Waals surface area (Å²) in [6.07, 6.45) is 5.59. The Balaban J connectivity index is 0.000000153. The van der Waals surface area contributed by atoms with E-state index in [9.17, 15) is 42.7 Å². The smallest absolute Gasteiger partial charge is 0.357 e. The van der Waals surface area contributed by atoms with Crippen molar-refractivity contribution in [3.05, 3.63) is 253 Å². The molecule has 25 nitrogen and oxygen atoms in total. The van der Waals surface area contributed by atoms with Crippen LogP contribution in [0, 0.1) is 38.2 Å². The summed E-state index contributed by atoms with van der Waals surface area (Å²) in [4.78, 5) is 122. The van der Waals surface area contributed by atoms with Gasteiger partial charge in [-0.15, -0.1) is 0 Å². The van der Waals surface area contributed by atoms with E-state index < -0.39 is 34.5 Å². The number of halogens is 4. The summed E-state index contributed by atoms with van der Waals surface area (Å²) in [5, 5.41) is 16.4. The Bertz CT molecular complexity index is 6160. The number of benzene rings is 5. The van der Waals surface area contributed by atoms with E-state index in [1.54, 1.807) is 81.9 Å². The Morgan fingerprint density at radius 3 is 1.37 bits per heavy atom. The Kier molecular flexibility index (Phi) is 24.2. The SMILES string of the molecule is C=CC(=O)N1CCN(c2nc(=O)n(-c3c(C)cnn3C(C)C)c3nc(-c4ccccc4F)c(Cl)cc23)[C@@H](C)C1.C=CC(=O)N1CCN(c2nc(=O)n(-c3ccccc3C(C)C)c3nc(-c4c(O)cccc4F)c(C)cc23)[C@@H](C)C1.C=CC(=O)N1CCN(c2nc(=O)n(-c3ccccc3C(C)C)c3nc(-c4ccccc4F)c(C)nc23)[C@@H](C)C1. The molecule has 0 aliphatic carbocycles. The highest BCUT2D eigenvalue weighted by molar-refractivity contribution is 6.34. The molecular formula is C89H92ClF3N18O7. The first-order valence-corrected chi connectivity index (χ1v) is 39.5. The van der Waals surface area contributed by atoms with Crippen molar-refractivity contribution in [1.82, 2.24) is 73.1 Å². The lowest BCUT2D eigenvalue weighted by Crippen LogP contribution is -2.54. The molecule has 15 rings (SSSR count). The van der Waals surface area contributed by atoms with Gasteiger partial charge in [0.2, 0.25) is 17.7 Å². The molecule has 0 spiro atoms. The summed E-state index contributed by atoms with van der Waals surface area (Å²) in [6, 6.07) is 35.0. The van der Waals surface area contributed by atoms with Gasteiger partial charge in [-0.2, -0.15) is 20.1 Å². The number of nitrogens with zero attached hydrogens (tertiary/aromatic N) is 18. The molecule has 29 heteroatoms. The number of aromatic nitrogens is 12. The Hall–Kier alpha value is -13.0. The molecule has 3 aliphatic heterocycles. The number of phenolic OH excluding ortho intramolecular Hbond substituents is 1. The van der Waals surface area contributed by atoms with Gasteiger partial charge in [0, 0.05) is 99.8 Å². The van der Waals surface area contributed by atoms with Crippen LogP contribution in [0.25, 0.3) is 84.2 Å². The number of aryl methyl sites for hydroxylation is 3. The molecule has 3 atom stereocenters. The standard InChI is InChI=1S/C31H32FN5O3.C30H31FN6O2.C28H29ClFN7O2/c1-6-26(39)35-14-15-36(20(5)17-35)29-22-16-19(4)28(27-23(32)11-9-13-25(27)38)33-30(22)37(31(40)34-29)24-12-8-7-10-21(24)18(2)3;1-6-25(38)35-15-16-36(19(4)17-35)28-27-29(33-26(20(5)32-27)22-12-7-9-13-23(22)31)37(30(39)34-28)24-14-10-8-11-21(24)18(2)3;1-6-23(38)34-11-12-35(18(5)15-34)25-20-13-21(29)24(19-9-7-8-10-22(19)30)32-26(20)36(28(39)33-25)27-17(4)14-31-37(27)16(2)3/h6-13,16,18,20,38H,1,14-15,17H2,2-5H3;6-14,18-19H,1,15-17H2,2-5H3;6-10,13-14,16,18H,1,11-12,15H2,2-5H3/t20-;19-;18-/m000/s1. The number of piperazine rings is 3. The molecule has 3 amide bonds. The number of amides is 3. The van der Waals surface area contributed by atoms with Crippen LogP contribution in [0.4, 0.5) is 30.6 Å². The van der Waals surface area contributed by atoms with E-state index in [0.717, 1.165) is 16.7 Å². The fraction of sp³-hybridized carbons (Fsp3) is 0.303. The van der Waals surface area contributed by atoms with Crippen molar-refractivity contribution < 1.29 is 32.7 Å². The summed E-state index contributed by atoms with van der Waals surface area (Å²) in [5.41, 5.74) is 6.19. The maximum atomic E-state index is 15.0. The number of para-hydroxylation sites is 2. The molecule has 608 valence electrons. The number of phenols is 1. The highest BCUT2D eigenvalue weighted by Crippen LogP contribution is 2.40. The van der Waals surface area contributed by atoms with Crippen LogP contribution in [0.5, 0.6) is 5.75 Å². The maximum Gasteiger partial charge on any atom is 0.357 e. The van der Waals surface area contributed by atoms with Gasteiger partial charge in [-0.25, -0.2) is 65.9 Å². The molecule has 3 fully saturated rings. The van der Waals surface area contributed by atoms with Gasteiger partial charge in [-0.3, -0.25) is 14.4 Å². The average Bonchev–Trinajstić information content (AvgIpc) is 1.01. The molecular weight excluding hydrogens is 1530 g/mol. The molecule has 7 aromatic heterocycles. The zero-order chi connectivity index (χ0) is 84.6. The van der Waals surface area contributed by atoms with Crippen molar-refractivity contribution >= 4 is 80.0 Å². The van der Waals surface area contributed by atoms with E-state index in [1.165, 1.54) is 62.3 Å². The van der Waals surface area contributed by atoms with Crippen LogP contribution in [-0.2, 0) is 14.4 Å². The van der Waals surface area contributed by atoms with Crippen LogP contribution in [0.3, 0.4) is 0 Å². The molecule has 3 aliphatic rings. The van der Waals surface area contributed by atoms with Gasteiger partial charge in [0.05, 0.1) is 61.7 Å². The normalized spacial score (nSPS) is 15.7. The molecule has 3 saturated heterocycles. The van der Waals surface area contributed by atoms with Gasteiger partial charge in [0.1, 0.15) is 46.2 Å². The molecule has 0 unspecified atom stereocenters. The van der Waals surface area contributed by atoms with Gasteiger partial charge in [0.25, 0.3) is 0 Å². The number of anilines is 3. The van der Waals surface area contributed by atoms with Gasteiger partial charge in [-0.1, -0.05) is 126 Å².